The second-order valence-electron chi connectivity index (χ2n) is 4.64. The second kappa shape index (κ2) is 5.93. The number of aromatic nitrogens is 3. The molecule has 0 fully saturated rings. The van der Waals surface area contributed by atoms with Crippen molar-refractivity contribution in [3.05, 3.63) is 70.8 Å². The molecule has 0 radical (unpaired) electrons. The Morgan fingerprint density at radius 3 is 2.71 bits per heavy atom. The van der Waals surface area contributed by atoms with E-state index in [9.17, 15) is 0 Å². The first-order chi connectivity index (χ1) is 10.3. The normalized spacial score (nSPS) is 10.5. The van der Waals surface area contributed by atoms with Crippen molar-refractivity contribution in [1.82, 2.24) is 14.8 Å². The van der Waals surface area contributed by atoms with Crippen LogP contribution in [0.25, 0.3) is 5.69 Å². The Labute approximate surface area is 128 Å². The van der Waals surface area contributed by atoms with Crippen LogP contribution in [0, 0.1) is 4.77 Å². The van der Waals surface area contributed by atoms with Gasteiger partial charge in [-0.25, -0.2) is 0 Å². The number of hydrogen-bond acceptors (Lipinski definition) is 3. The average Bonchev–Trinajstić information content (AvgIpc) is 2.89. The molecule has 0 saturated carbocycles. The lowest BCUT2D eigenvalue weighted by molar-refractivity contribution is 0.414. The lowest BCUT2D eigenvalue weighted by Gasteiger charge is -2.07. The summed E-state index contributed by atoms with van der Waals surface area (Å²) in [5.41, 5.74) is 2.13. The molecule has 106 valence electrons. The summed E-state index contributed by atoms with van der Waals surface area (Å²) in [6.07, 6.45) is 0.680. The van der Waals surface area contributed by atoms with Crippen molar-refractivity contribution in [2.45, 2.75) is 6.42 Å². The largest absolute Gasteiger partial charge is 0.497 e. The first-order valence-electron chi connectivity index (χ1n) is 6.62. The number of hydrogen-bond donors (Lipinski definition) is 1. The smallest absolute Gasteiger partial charge is 0.199 e. The van der Waals surface area contributed by atoms with Crippen molar-refractivity contribution in [1.29, 1.82) is 0 Å². The molecule has 0 aliphatic carbocycles. The summed E-state index contributed by atoms with van der Waals surface area (Å²) in [5.74, 6) is 1.72. The molecule has 5 heteroatoms. The summed E-state index contributed by atoms with van der Waals surface area (Å²) in [5, 5.41) is 7.22. The summed E-state index contributed by atoms with van der Waals surface area (Å²) in [6.45, 7) is 0. The van der Waals surface area contributed by atoms with Crippen molar-refractivity contribution in [3.63, 3.8) is 0 Å². The van der Waals surface area contributed by atoms with Crippen LogP contribution in [0.5, 0.6) is 5.75 Å². The second-order valence-corrected chi connectivity index (χ2v) is 5.03. The molecule has 21 heavy (non-hydrogen) atoms. The molecule has 3 aromatic rings. The first-order valence-corrected chi connectivity index (χ1v) is 7.03. The van der Waals surface area contributed by atoms with Crippen LogP contribution in [0.3, 0.4) is 0 Å². The highest BCUT2D eigenvalue weighted by Crippen LogP contribution is 2.17. The Morgan fingerprint density at radius 1 is 1.14 bits per heavy atom. The zero-order chi connectivity index (χ0) is 14.7. The van der Waals surface area contributed by atoms with Gasteiger partial charge in [0.15, 0.2) is 4.77 Å². The predicted molar refractivity (Wildman–Crippen MR) is 84.5 cm³/mol. The zero-order valence-electron chi connectivity index (χ0n) is 11.6. The fourth-order valence-electron chi connectivity index (χ4n) is 2.26. The number of methoxy groups -OCH3 is 1. The lowest BCUT2D eigenvalue weighted by atomic mass is 10.1. The summed E-state index contributed by atoms with van der Waals surface area (Å²) >= 11 is 5.34. The number of nitrogens with one attached hydrogen (secondary N) is 1. The monoisotopic (exact) mass is 297 g/mol. The number of para-hydroxylation sites is 1. The highest BCUT2D eigenvalue weighted by atomic mass is 32.1. The summed E-state index contributed by atoms with van der Waals surface area (Å²) in [6, 6.07) is 17.9. The molecule has 2 aromatic carbocycles. The minimum absolute atomic E-state index is 0.596. The molecule has 1 N–H and O–H groups in total. The summed E-state index contributed by atoms with van der Waals surface area (Å²) in [7, 11) is 1.67. The Hall–Kier alpha value is -2.40. The lowest BCUT2D eigenvalue weighted by Crippen LogP contribution is -2.02. The quantitative estimate of drug-likeness (QED) is 0.749. The average molecular weight is 297 g/mol. The van der Waals surface area contributed by atoms with E-state index in [-0.39, 0.29) is 0 Å². The molecule has 0 bridgehead atoms. The molecule has 0 saturated heterocycles. The molecule has 4 nitrogen and oxygen atoms in total. The van der Waals surface area contributed by atoms with Gasteiger partial charge in [0.25, 0.3) is 0 Å². The molecule has 3 rings (SSSR count). The van der Waals surface area contributed by atoms with Crippen molar-refractivity contribution in [2.24, 2.45) is 0 Å². The Bertz CT molecular complexity index is 793. The van der Waals surface area contributed by atoms with Crippen LogP contribution in [0.1, 0.15) is 11.4 Å². The Balaban J connectivity index is 1.99. The van der Waals surface area contributed by atoms with E-state index in [0.29, 0.717) is 11.2 Å². The third-order valence-corrected chi connectivity index (χ3v) is 3.53. The molecule has 0 spiro atoms. The van der Waals surface area contributed by atoms with E-state index in [1.807, 2.05) is 53.1 Å². The molecule has 0 aliphatic rings. The van der Waals surface area contributed by atoms with Crippen LogP contribution >= 0.6 is 12.2 Å². The summed E-state index contributed by atoms with van der Waals surface area (Å²) in [4.78, 5) is 0. The number of ether oxygens (including phenoxy) is 1. The number of benzene rings is 2. The van der Waals surface area contributed by atoms with Crippen LogP contribution in [0.15, 0.2) is 54.6 Å². The fraction of sp³-hybridized carbons (Fsp3) is 0.125. The van der Waals surface area contributed by atoms with Crippen molar-refractivity contribution < 1.29 is 4.74 Å². The molecule has 0 aliphatic heterocycles. The molecule has 0 atom stereocenters. The van der Waals surface area contributed by atoms with E-state index >= 15 is 0 Å². The molecular weight excluding hydrogens is 282 g/mol. The van der Waals surface area contributed by atoms with Gasteiger partial charge in [-0.05, 0) is 42.0 Å². The van der Waals surface area contributed by atoms with Gasteiger partial charge in [-0.15, -0.1) is 0 Å². The van der Waals surface area contributed by atoms with E-state index in [2.05, 4.69) is 16.3 Å². The van der Waals surface area contributed by atoms with Crippen LogP contribution in [-0.4, -0.2) is 21.9 Å². The fourth-order valence-corrected chi connectivity index (χ4v) is 2.51. The van der Waals surface area contributed by atoms with Crippen molar-refractivity contribution in [2.75, 3.05) is 7.11 Å². The van der Waals surface area contributed by atoms with Gasteiger partial charge in [-0.1, -0.05) is 30.3 Å². The van der Waals surface area contributed by atoms with Crippen molar-refractivity contribution in [3.8, 4) is 11.4 Å². The van der Waals surface area contributed by atoms with Crippen LogP contribution in [-0.2, 0) is 6.42 Å². The van der Waals surface area contributed by atoms with E-state index in [1.54, 1.807) is 7.11 Å². The van der Waals surface area contributed by atoms with E-state index in [4.69, 9.17) is 17.0 Å². The van der Waals surface area contributed by atoms with Gasteiger partial charge >= 0.3 is 0 Å². The highest BCUT2D eigenvalue weighted by molar-refractivity contribution is 7.71. The molecule has 1 heterocycles. The molecule has 0 unspecified atom stereocenters. The SMILES string of the molecule is COc1cccc(Cc2n[nH]c(=S)n2-c2ccccc2)c1. The highest BCUT2D eigenvalue weighted by Gasteiger charge is 2.09. The van der Waals surface area contributed by atoms with Gasteiger partial charge in [-0.2, -0.15) is 5.10 Å². The van der Waals surface area contributed by atoms with Gasteiger partial charge in [0.05, 0.1) is 7.11 Å². The topological polar surface area (TPSA) is 42.8 Å². The maximum Gasteiger partial charge on any atom is 0.199 e. The van der Waals surface area contributed by atoms with Crippen LogP contribution in [0.4, 0.5) is 0 Å². The number of H-pyrrole nitrogens is 1. The maximum atomic E-state index is 5.34. The number of aromatic amines is 1. The maximum absolute atomic E-state index is 5.34. The predicted octanol–water partition coefficient (Wildman–Crippen LogP) is 3.53. The van der Waals surface area contributed by atoms with Crippen molar-refractivity contribution >= 4 is 12.2 Å². The third-order valence-electron chi connectivity index (χ3n) is 3.25. The zero-order valence-corrected chi connectivity index (χ0v) is 12.4. The summed E-state index contributed by atoms with van der Waals surface area (Å²) < 4.78 is 7.81. The van der Waals surface area contributed by atoms with Gasteiger partial charge in [0, 0.05) is 12.1 Å². The van der Waals surface area contributed by atoms with Gasteiger partial charge in [0.1, 0.15) is 11.6 Å². The van der Waals surface area contributed by atoms with Crippen LogP contribution < -0.4 is 4.74 Å². The number of nitrogens with zero attached hydrogens (tertiary/aromatic N) is 2. The van der Waals surface area contributed by atoms with Crippen LogP contribution in [0.2, 0.25) is 0 Å². The minimum Gasteiger partial charge on any atom is -0.497 e. The number of rotatable bonds is 4. The Morgan fingerprint density at radius 2 is 1.95 bits per heavy atom. The first kappa shape index (κ1) is 13.6. The van der Waals surface area contributed by atoms with Gasteiger partial charge in [-0.3, -0.25) is 9.67 Å². The van der Waals surface area contributed by atoms with E-state index < -0.39 is 0 Å². The molecule has 0 amide bonds. The van der Waals surface area contributed by atoms with Gasteiger partial charge in [0.2, 0.25) is 0 Å². The van der Waals surface area contributed by atoms with Gasteiger partial charge < -0.3 is 4.74 Å². The van der Waals surface area contributed by atoms with E-state index in [1.165, 1.54) is 0 Å². The third kappa shape index (κ3) is 2.87. The van der Waals surface area contributed by atoms with E-state index in [0.717, 1.165) is 22.8 Å². The minimum atomic E-state index is 0.596. The molecule has 1 aromatic heterocycles. The standard InChI is InChI=1S/C16H15N3OS/c1-20-14-9-5-6-12(10-14)11-15-17-18-16(21)19(15)13-7-3-2-4-8-13/h2-10H,11H2,1H3,(H,18,21). The Kier molecular flexibility index (Phi) is 3.83. The molecular formula is C16H15N3OS.